The van der Waals surface area contributed by atoms with E-state index < -0.39 is 0 Å². The lowest BCUT2D eigenvalue weighted by atomic mass is 10.1. The van der Waals surface area contributed by atoms with E-state index in [0.717, 1.165) is 25.6 Å². The zero-order valence-corrected chi connectivity index (χ0v) is 11.7. The van der Waals surface area contributed by atoms with Crippen LogP contribution in [0.5, 0.6) is 0 Å². The van der Waals surface area contributed by atoms with E-state index in [1.165, 1.54) is 19.3 Å². The summed E-state index contributed by atoms with van der Waals surface area (Å²) in [6.45, 7) is 7.81. The molecule has 2 heteroatoms. The van der Waals surface area contributed by atoms with Crippen molar-refractivity contribution >= 4 is 0 Å². The maximum absolute atomic E-state index is 3.60. The minimum absolute atomic E-state index is 0.606. The van der Waals surface area contributed by atoms with E-state index in [4.69, 9.17) is 0 Å². The Bertz CT molecular complexity index is 335. The summed E-state index contributed by atoms with van der Waals surface area (Å²) >= 11 is 0. The number of hydrogen-bond donors (Lipinski definition) is 2. The van der Waals surface area contributed by atoms with Crippen molar-refractivity contribution in [1.29, 1.82) is 0 Å². The summed E-state index contributed by atoms with van der Waals surface area (Å²) in [7, 11) is 0. The van der Waals surface area contributed by atoms with E-state index in [1.54, 1.807) is 11.1 Å². The van der Waals surface area contributed by atoms with Crippen LogP contribution in [0.4, 0.5) is 0 Å². The van der Waals surface area contributed by atoms with Gasteiger partial charge in [-0.25, -0.2) is 0 Å². The van der Waals surface area contributed by atoms with Crippen molar-refractivity contribution in [1.82, 2.24) is 10.6 Å². The van der Waals surface area contributed by atoms with Crippen molar-refractivity contribution < 1.29 is 0 Å². The molecule has 1 aliphatic carbocycles. The molecular weight excluding hydrogens is 220 g/mol. The molecule has 0 radical (unpaired) electrons. The SMILES string of the molecule is CC(C)NCCCNCC1Cc2ccccc2C1. The molecule has 1 aromatic carbocycles. The largest absolute Gasteiger partial charge is 0.316 e. The standard InChI is InChI=1S/C16H26N2/c1-13(2)18-9-5-8-17-12-14-10-15-6-3-4-7-16(15)11-14/h3-4,6-7,13-14,17-18H,5,8-12H2,1-2H3. The molecule has 0 amide bonds. The van der Waals surface area contributed by atoms with Crippen molar-refractivity contribution in [3.05, 3.63) is 35.4 Å². The molecular formula is C16H26N2. The first-order chi connectivity index (χ1) is 8.75. The van der Waals surface area contributed by atoms with Crippen molar-refractivity contribution in [2.75, 3.05) is 19.6 Å². The van der Waals surface area contributed by atoms with Gasteiger partial charge in [-0.05, 0) is 55.9 Å². The highest BCUT2D eigenvalue weighted by Crippen LogP contribution is 2.25. The van der Waals surface area contributed by atoms with Crippen molar-refractivity contribution in [2.45, 2.75) is 39.2 Å². The first-order valence-electron chi connectivity index (χ1n) is 7.26. The van der Waals surface area contributed by atoms with Crippen LogP contribution in [0, 0.1) is 5.92 Å². The van der Waals surface area contributed by atoms with E-state index in [-0.39, 0.29) is 0 Å². The smallest absolute Gasteiger partial charge is 0.00103 e. The first-order valence-corrected chi connectivity index (χ1v) is 7.26. The lowest BCUT2D eigenvalue weighted by molar-refractivity contribution is 0.482. The van der Waals surface area contributed by atoms with Gasteiger partial charge in [0.2, 0.25) is 0 Å². The average molecular weight is 246 g/mol. The Morgan fingerprint density at radius 1 is 1.11 bits per heavy atom. The number of rotatable bonds is 7. The molecule has 0 aliphatic heterocycles. The minimum atomic E-state index is 0.606. The normalized spacial score (nSPS) is 15.3. The van der Waals surface area contributed by atoms with Crippen LogP contribution in [0.25, 0.3) is 0 Å². The van der Waals surface area contributed by atoms with Crippen LogP contribution in [0.15, 0.2) is 24.3 Å². The molecule has 100 valence electrons. The van der Waals surface area contributed by atoms with Crippen molar-refractivity contribution in [3.8, 4) is 0 Å². The monoisotopic (exact) mass is 246 g/mol. The van der Waals surface area contributed by atoms with Crippen LogP contribution in [0.3, 0.4) is 0 Å². The van der Waals surface area contributed by atoms with Gasteiger partial charge < -0.3 is 10.6 Å². The molecule has 1 aliphatic rings. The molecule has 2 rings (SSSR count). The predicted molar refractivity (Wildman–Crippen MR) is 78.0 cm³/mol. The molecule has 0 atom stereocenters. The lowest BCUT2D eigenvalue weighted by Crippen LogP contribution is -2.29. The number of benzene rings is 1. The van der Waals surface area contributed by atoms with Crippen LogP contribution in [-0.4, -0.2) is 25.7 Å². The van der Waals surface area contributed by atoms with Gasteiger partial charge >= 0.3 is 0 Å². The van der Waals surface area contributed by atoms with Crippen LogP contribution in [0.1, 0.15) is 31.4 Å². The highest BCUT2D eigenvalue weighted by Gasteiger charge is 2.19. The van der Waals surface area contributed by atoms with E-state index in [2.05, 4.69) is 48.7 Å². The zero-order chi connectivity index (χ0) is 12.8. The second-order valence-electron chi connectivity index (χ2n) is 5.71. The van der Waals surface area contributed by atoms with Crippen LogP contribution >= 0.6 is 0 Å². The first kappa shape index (κ1) is 13.6. The summed E-state index contributed by atoms with van der Waals surface area (Å²) in [5, 5.41) is 7.04. The summed E-state index contributed by atoms with van der Waals surface area (Å²) in [4.78, 5) is 0. The summed E-state index contributed by atoms with van der Waals surface area (Å²) in [5.41, 5.74) is 3.12. The predicted octanol–water partition coefficient (Wildman–Crippen LogP) is 2.38. The Balaban J connectivity index is 1.57. The summed E-state index contributed by atoms with van der Waals surface area (Å²) in [6, 6.07) is 9.48. The quantitative estimate of drug-likeness (QED) is 0.722. The average Bonchev–Trinajstić information content (AvgIpc) is 2.75. The summed E-state index contributed by atoms with van der Waals surface area (Å²) in [6.07, 6.45) is 3.73. The summed E-state index contributed by atoms with van der Waals surface area (Å²) < 4.78 is 0. The molecule has 0 heterocycles. The molecule has 0 saturated heterocycles. The van der Waals surface area contributed by atoms with Gasteiger partial charge in [-0.2, -0.15) is 0 Å². The highest BCUT2D eigenvalue weighted by molar-refractivity contribution is 5.32. The molecule has 0 unspecified atom stereocenters. The molecule has 2 nitrogen and oxygen atoms in total. The van der Waals surface area contributed by atoms with Gasteiger partial charge in [0.1, 0.15) is 0 Å². The second-order valence-corrected chi connectivity index (χ2v) is 5.71. The summed E-state index contributed by atoms with van der Waals surface area (Å²) in [5.74, 6) is 0.806. The van der Waals surface area contributed by atoms with Gasteiger partial charge in [0.25, 0.3) is 0 Å². The maximum Gasteiger partial charge on any atom is 0.00103 e. The molecule has 0 aromatic heterocycles. The van der Waals surface area contributed by atoms with Gasteiger partial charge in [-0.15, -0.1) is 0 Å². The Morgan fingerprint density at radius 3 is 2.39 bits per heavy atom. The number of nitrogens with one attached hydrogen (secondary N) is 2. The Labute approximate surface area is 111 Å². The van der Waals surface area contributed by atoms with Crippen molar-refractivity contribution in [3.63, 3.8) is 0 Å². The Hall–Kier alpha value is -0.860. The van der Waals surface area contributed by atoms with Gasteiger partial charge in [-0.3, -0.25) is 0 Å². The third-order valence-electron chi connectivity index (χ3n) is 3.65. The molecule has 0 fully saturated rings. The molecule has 0 bridgehead atoms. The fourth-order valence-electron chi connectivity index (χ4n) is 2.70. The fraction of sp³-hybridized carbons (Fsp3) is 0.625. The number of fused-ring (bicyclic) bond motifs is 1. The molecule has 0 spiro atoms. The topological polar surface area (TPSA) is 24.1 Å². The van der Waals surface area contributed by atoms with Crippen LogP contribution in [0.2, 0.25) is 0 Å². The molecule has 18 heavy (non-hydrogen) atoms. The van der Waals surface area contributed by atoms with Gasteiger partial charge in [0.15, 0.2) is 0 Å². The van der Waals surface area contributed by atoms with Gasteiger partial charge in [0, 0.05) is 6.04 Å². The lowest BCUT2D eigenvalue weighted by Gasteiger charge is -2.11. The van der Waals surface area contributed by atoms with E-state index in [0.29, 0.717) is 6.04 Å². The third-order valence-corrected chi connectivity index (χ3v) is 3.65. The Morgan fingerprint density at radius 2 is 1.78 bits per heavy atom. The number of hydrogen-bond acceptors (Lipinski definition) is 2. The third kappa shape index (κ3) is 4.11. The van der Waals surface area contributed by atoms with Crippen molar-refractivity contribution in [2.24, 2.45) is 5.92 Å². The van der Waals surface area contributed by atoms with Gasteiger partial charge in [0.05, 0.1) is 0 Å². The van der Waals surface area contributed by atoms with Gasteiger partial charge in [-0.1, -0.05) is 38.1 Å². The van der Waals surface area contributed by atoms with Crippen LogP contribution in [-0.2, 0) is 12.8 Å². The fourth-order valence-corrected chi connectivity index (χ4v) is 2.70. The minimum Gasteiger partial charge on any atom is -0.316 e. The van der Waals surface area contributed by atoms with E-state index in [9.17, 15) is 0 Å². The van der Waals surface area contributed by atoms with E-state index in [1.807, 2.05) is 0 Å². The second kappa shape index (κ2) is 6.91. The maximum atomic E-state index is 3.60. The zero-order valence-electron chi connectivity index (χ0n) is 11.7. The molecule has 0 saturated carbocycles. The molecule has 1 aromatic rings. The molecule has 2 N–H and O–H groups in total. The Kier molecular flexibility index (Phi) is 5.21. The van der Waals surface area contributed by atoms with Crippen LogP contribution < -0.4 is 10.6 Å². The van der Waals surface area contributed by atoms with E-state index >= 15 is 0 Å². The highest BCUT2D eigenvalue weighted by atomic mass is 14.9.